The number of carbonyl (C=O) groups excluding carboxylic acids is 2. The first-order valence-corrected chi connectivity index (χ1v) is 9.25. The highest BCUT2D eigenvalue weighted by Gasteiger charge is 2.17. The van der Waals surface area contributed by atoms with Gasteiger partial charge in [0.1, 0.15) is 0 Å². The number of esters is 1. The van der Waals surface area contributed by atoms with Gasteiger partial charge in [0.2, 0.25) is 0 Å². The second kappa shape index (κ2) is 8.60. The molecule has 0 unspecified atom stereocenters. The maximum atomic E-state index is 12.5. The summed E-state index contributed by atoms with van der Waals surface area (Å²) in [6.45, 7) is 5.29. The van der Waals surface area contributed by atoms with E-state index in [0.717, 1.165) is 16.9 Å². The Morgan fingerprint density at radius 1 is 1.03 bits per heavy atom. The molecule has 1 amide bonds. The number of aromatic nitrogens is 2. The fraction of sp³-hybridized carbons (Fsp3) is 0.227. The molecule has 3 aromatic rings. The SMILES string of the molecule is Cc1ccc(Nc2ccccc2C(=O)OCC(=O)Nc2c(C)nn(C)c2C)cc1. The second-order valence-electron chi connectivity index (χ2n) is 6.83. The zero-order valence-corrected chi connectivity index (χ0v) is 16.9. The number of hydrogen-bond acceptors (Lipinski definition) is 5. The quantitative estimate of drug-likeness (QED) is 0.622. The van der Waals surface area contributed by atoms with Gasteiger partial charge in [-0.15, -0.1) is 0 Å². The van der Waals surface area contributed by atoms with Crippen molar-refractivity contribution >= 4 is 28.9 Å². The summed E-state index contributed by atoms with van der Waals surface area (Å²) >= 11 is 0. The molecule has 1 heterocycles. The molecule has 2 N–H and O–H groups in total. The molecule has 0 saturated heterocycles. The highest BCUT2D eigenvalue weighted by Crippen LogP contribution is 2.22. The number of anilines is 3. The number of para-hydroxylation sites is 1. The van der Waals surface area contributed by atoms with Crippen LogP contribution >= 0.6 is 0 Å². The number of aryl methyl sites for hydroxylation is 3. The first kappa shape index (κ1) is 20.1. The molecular formula is C22H24N4O3. The van der Waals surface area contributed by atoms with E-state index in [-0.39, 0.29) is 6.61 Å². The normalized spacial score (nSPS) is 10.5. The number of carbonyl (C=O) groups is 2. The van der Waals surface area contributed by atoms with E-state index in [0.29, 0.717) is 22.6 Å². The van der Waals surface area contributed by atoms with Crippen LogP contribution in [0.5, 0.6) is 0 Å². The van der Waals surface area contributed by atoms with Crippen molar-refractivity contribution in [2.24, 2.45) is 7.05 Å². The lowest BCUT2D eigenvalue weighted by Gasteiger charge is -2.12. The summed E-state index contributed by atoms with van der Waals surface area (Å²) in [5.41, 5.74) is 5.14. The maximum Gasteiger partial charge on any atom is 0.340 e. The fourth-order valence-electron chi connectivity index (χ4n) is 2.90. The van der Waals surface area contributed by atoms with Gasteiger partial charge in [0.15, 0.2) is 6.61 Å². The Morgan fingerprint density at radius 2 is 1.72 bits per heavy atom. The molecule has 150 valence electrons. The number of rotatable bonds is 6. The van der Waals surface area contributed by atoms with Gasteiger partial charge in [-0.2, -0.15) is 5.10 Å². The molecule has 0 bridgehead atoms. The van der Waals surface area contributed by atoms with Crippen molar-refractivity contribution in [2.75, 3.05) is 17.2 Å². The summed E-state index contributed by atoms with van der Waals surface area (Å²) in [4.78, 5) is 24.8. The summed E-state index contributed by atoms with van der Waals surface area (Å²) in [6, 6.07) is 14.9. The third-order valence-corrected chi connectivity index (χ3v) is 4.59. The van der Waals surface area contributed by atoms with Crippen molar-refractivity contribution in [3.05, 3.63) is 71.0 Å². The lowest BCUT2D eigenvalue weighted by molar-refractivity contribution is -0.119. The summed E-state index contributed by atoms with van der Waals surface area (Å²) in [5, 5.41) is 10.2. The average molecular weight is 392 g/mol. The molecule has 0 aliphatic heterocycles. The first-order valence-electron chi connectivity index (χ1n) is 9.25. The first-order chi connectivity index (χ1) is 13.8. The number of nitrogens with zero attached hydrogens (tertiary/aromatic N) is 2. The van der Waals surface area contributed by atoms with Crippen molar-refractivity contribution in [3.8, 4) is 0 Å². The average Bonchev–Trinajstić information content (AvgIpc) is 2.94. The lowest BCUT2D eigenvalue weighted by Crippen LogP contribution is -2.22. The zero-order valence-electron chi connectivity index (χ0n) is 16.9. The van der Waals surface area contributed by atoms with Crippen LogP contribution in [0, 0.1) is 20.8 Å². The number of nitrogens with one attached hydrogen (secondary N) is 2. The van der Waals surface area contributed by atoms with Gasteiger partial charge in [-0.1, -0.05) is 29.8 Å². The Labute approximate surface area is 169 Å². The molecule has 0 aliphatic carbocycles. The van der Waals surface area contributed by atoms with Crippen LogP contribution in [0.15, 0.2) is 48.5 Å². The van der Waals surface area contributed by atoms with Crippen LogP contribution in [-0.2, 0) is 16.6 Å². The predicted octanol–water partition coefficient (Wildman–Crippen LogP) is 3.88. The van der Waals surface area contributed by atoms with Gasteiger partial charge < -0.3 is 15.4 Å². The highest BCUT2D eigenvalue weighted by atomic mass is 16.5. The number of ether oxygens (including phenoxy) is 1. The Kier molecular flexibility index (Phi) is 5.97. The third kappa shape index (κ3) is 4.82. The van der Waals surface area contributed by atoms with Gasteiger partial charge in [0.25, 0.3) is 5.91 Å². The minimum absolute atomic E-state index is 0.356. The summed E-state index contributed by atoms with van der Waals surface area (Å²) in [6.07, 6.45) is 0. The van der Waals surface area contributed by atoms with Gasteiger partial charge in [0, 0.05) is 12.7 Å². The topological polar surface area (TPSA) is 85.2 Å². The Balaban J connectivity index is 1.65. The molecule has 0 atom stereocenters. The van der Waals surface area contributed by atoms with Crippen LogP contribution in [0.4, 0.5) is 17.1 Å². The summed E-state index contributed by atoms with van der Waals surface area (Å²) in [7, 11) is 1.80. The van der Waals surface area contributed by atoms with E-state index in [1.54, 1.807) is 29.9 Å². The number of hydrogen-bond donors (Lipinski definition) is 2. The second-order valence-corrected chi connectivity index (χ2v) is 6.83. The van der Waals surface area contributed by atoms with Crippen molar-refractivity contribution < 1.29 is 14.3 Å². The van der Waals surface area contributed by atoms with Gasteiger partial charge in [-0.25, -0.2) is 4.79 Å². The molecule has 3 rings (SSSR count). The van der Waals surface area contributed by atoms with Gasteiger partial charge in [-0.05, 0) is 45.0 Å². The van der Waals surface area contributed by atoms with Crippen molar-refractivity contribution in [1.29, 1.82) is 0 Å². The van der Waals surface area contributed by atoms with Crippen LogP contribution in [0.25, 0.3) is 0 Å². The molecule has 7 heteroatoms. The van der Waals surface area contributed by atoms with E-state index in [9.17, 15) is 9.59 Å². The van der Waals surface area contributed by atoms with Gasteiger partial charge >= 0.3 is 5.97 Å². The molecule has 0 saturated carbocycles. The fourth-order valence-corrected chi connectivity index (χ4v) is 2.90. The van der Waals surface area contributed by atoms with Crippen LogP contribution in [-0.4, -0.2) is 28.3 Å². The van der Waals surface area contributed by atoms with Crippen LogP contribution in [0.1, 0.15) is 27.3 Å². The van der Waals surface area contributed by atoms with E-state index in [1.807, 2.05) is 51.1 Å². The Morgan fingerprint density at radius 3 is 2.38 bits per heavy atom. The van der Waals surface area contributed by atoms with Gasteiger partial charge in [0.05, 0.1) is 28.3 Å². The number of benzene rings is 2. The molecule has 0 radical (unpaired) electrons. The molecule has 2 aromatic carbocycles. The largest absolute Gasteiger partial charge is 0.452 e. The molecule has 1 aromatic heterocycles. The van der Waals surface area contributed by atoms with E-state index < -0.39 is 11.9 Å². The van der Waals surface area contributed by atoms with Crippen LogP contribution < -0.4 is 10.6 Å². The molecule has 7 nitrogen and oxygen atoms in total. The van der Waals surface area contributed by atoms with E-state index in [4.69, 9.17) is 4.74 Å². The minimum Gasteiger partial charge on any atom is -0.452 e. The Bertz CT molecular complexity index is 1040. The van der Waals surface area contributed by atoms with Crippen molar-refractivity contribution in [1.82, 2.24) is 9.78 Å². The standard InChI is InChI=1S/C22H24N4O3/c1-14-9-11-17(12-10-14)23-19-8-6-5-7-18(19)22(28)29-13-20(27)24-21-15(2)25-26(4)16(21)3/h5-12,23H,13H2,1-4H3,(H,24,27). The van der Waals surface area contributed by atoms with E-state index in [1.165, 1.54) is 0 Å². The minimum atomic E-state index is -0.574. The van der Waals surface area contributed by atoms with Crippen LogP contribution in [0.2, 0.25) is 0 Å². The summed E-state index contributed by atoms with van der Waals surface area (Å²) < 4.78 is 6.91. The monoisotopic (exact) mass is 392 g/mol. The number of amides is 1. The third-order valence-electron chi connectivity index (χ3n) is 4.59. The molecule has 0 aliphatic rings. The van der Waals surface area contributed by atoms with Crippen molar-refractivity contribution in [3.63, 3.8) is 0 Å². The van der Waals surface area contributed by atoms with E-state index in [2.05, 4.69) is 15.7 Å². The Hall–Kier alpha value is -3.61. The van der Waals surface area contributed by atoms with Crippen molar-refractivity contribution in [2.45, 2.75) is 20.8 Å². The van der Waals surface area contributed by atoms with E-state index >= 15 is 0 Å². The smallest absolute Gasteiger partial charge is 0.340 e. The molecular weight excluding hydrogens is 368 g/mol. The molecule has 0 fully saturated rings. The van der Waals surface area contributed by atoms with Crippen LogP contribution in [0.3, 0.4) is 0 Å². The predicted molar refractivity (Wildman–Crippen MR) is 112 cm³/mol. The zero-order chi connectivity index (χ0) is 21.0. The summed E-state index contributed by atoms with van der Waals surface area (Å²) in [5.74, 6) is -0.989. The highest BCUT2D eigenvalue weighted by molar-refractivity contribution is 5.99. The molecule has 0 spiro atoms. The lowest BCUT2D eigenvalue weighted by atomic mass is 10.1. The molecule has 29 heavy (non-hydrogen) atoms. The van der Waals surface area contributed by atoms with Gasteiger partial charge in [-0.3, -0.25) is 9.48 Å². The maximum absolute atomic E-state index is 12.5.